The molecule has 1 heterocycles. The van der Waals surface area contributed by atoms with Crippen molar-refractivity contribution in [2.45, 2.75) is 13.8 Å². The smallest absolute Gasteiger partial charge is 0.323 e. The summed E-state index contributed by atoms with van der Waals surface area (Å²) in [5, 5.41) is 18.4. The van der Waals surface area contributed by atoms with Crippen LogP contribution in [0.1, 0.15) is 17.0 Å². The van der Waals surface area contributed by atoms with E-state index >= 15 is 0 Å². The van der Waals surface area contributed by atoms with Crippen LogP contribution in [0.25, 0.3) is 0 Å². The Labute approximate surface area is 120 Å². The minimum absolute atomic E-state index is 0.0418. The number of nitrogens with one attached hydrogen (secondary N) is 1. The van der Waals surface area contributed by atoms with Crippen LogP contribution in [0.4, 0.5) is 5.69 Å². The van der Waals surface area contributed by atoms with Gasteiger partial charge in [0.1, 0.15) is 11.5 Å². The molecule has 0 saturated carbocycles. The summed E-state index contributed by atoms with van der Waals surface area (Å²) in [4.78, 5) is 18.4. The lowest BCUT2D eigenvalue weighted by Gasteiger charge is -2.07. The molecule has 0 saturated heterocycles. The number of hydrogen-bond acceptors (Lipinski definition) is 6. The van der Waals surface area contributed by atoms with Crippen LogP contribution in [0, 0.1) is 29.4 Å². The van der Waals surface area contributed by atoms with E-state index in [4.69, 9.17) is 15.9 Å². The van der Waals surface area contributed by atoms with E-state index in [2.05, 4.69) is 9.97 Å². The van der Waals surface area contributed by atoms with Crippen LogP contribution in [0.15, 0.2) is 24.3 Å². The van der Waals surface area contributed by atoms with Crippen LogP contribution in [0.2, 0.25) is 0 Å². The highest BCUT2D eigenvalue weighted by Gasteiger charge is 2.17. The average Bonchev–Trinajstić information content (AvgIpc) is 2.37. The lowest BCUT2D eigenvalue weighted by Crippen LogP contribution is -2.14. The molecule has 1 aromatic heterocycles. The second-order valence-corrected chi connectivity index (χ2v) is 4.42. The highest BCUT2D eigenvalue weighted by Crippen LogP contribution is 2.30. The van der Waals surface area contributed by atoms with Crippen LogP contribution in [0.5, 0.6) is 11.8 Å². The third-order valence-electron chi connectivity index (χ3n) is 2.62. The molecule has 2 rings (SSSR count). The van der Waals surface area contributed by atoms with Crippen molar-refractivity contribution in [2.75, 3.05) is 0 Å². The fourth-order valence-corrected chi connectivity index (χ4v) is 1.68. The minimum atomic E-state index is -0.545. The Morgan fingerprint density at radius 3 is 2.67 bits per heavy atom. The van der Waals surface area contributed by atoms with E-state index in [1.165, 1.54) is 18.2 Å². The molecular weight excluding hydrogens is 274 g/mol. The van der Waals surface area contributed by atoms with E-state index in [1.54, 1.807) is 19.9 Å². The highest BCUT2D eigenvalue weighted by atomic mass is 16.6. The summed E-state index contributed by atoms with van der Waals surface area (Å²) >= 11 is 0. The van der Waals surface area contributed by atoms with Crippen molar-refractivity contribution < 1.29 is 9.66 Å². The van der Waals surface area contributed by atoms with Gasteiger partial charge in [-0.15, -0.1) is 0 Å². The molecule has 0 atom stereocenters. The molecule has 0 amide bonds. The molecular formula is C13H13N5O3. The van der Waals surface area contributed by atoms with E-state index in [-0.39, 0.29) is 29.0 Å². The molecule has 2 aromatic rings. The largest absolute Gasteiger partial charge is 0.417 e. The fraction of sp³-hybridized carbons (Fsp3) is 0.154. The summed E-state index contributed by atoms with van der Waals surface area (Å²) in [6, 6.07) is 5.93. The molecule has 0 aliphatic heterocycles. The molecule has 0 spiro atoms. The van der Waals surface area contributed by atoms with Crippen LogP contribution >= 0.6 is 0 Å². The first-order valence-corrected chi connectivity index (χ1v) is 6.00. The summed E-state index contributed by atoms with van der Waals surface area (Å²) in [5.74, 6) is -0.191. The number of ether oxygens (including phenoxy) is 1. The van der Waals surface area contributed by atoms with E-state index in [0.29, 0.717) is 5.69 Å². The number of aromatic nitrogens is 2. The van der Waals surface area contributed by atoms with Crippen LogP contribution in [-0.4, -0.2) is 20.7 Å². The molecule has 0 aliphatic rings. The number of nitro groups is 1. The molecule has 108 valence electrons. The zero-order chi connectivity index (χ0) is 15.6. The van der Waals surface area contributed by atoms with Crippen LogP contribution < -0.4 is 10.5 Å². The van der Waals surface area contributed by atoms with E-state index in [0.717, 1.165) is 5.56 Å². The topological polar surface area (TPSA) is 128 Å². The predicted molar refractivity (Wildman–Crippen MR) is 75.7 cm³/mol. The second-order valence-electron chi connectivity index (χ2n) is 4.42. The van der Waals surface area contributed by atoms with Crippen LogP contribution in [0.3, 0.4) is 0 Å². The van der Waals surface area contributed by atoms with E-state index in [9.17, 15) is 10.1 Å². The monoisotopic (exact) mass is 287 g/mol. The van der Waals surface area contributed by atoms with Crippen molar-refractivity contribution in [2.24, 2.45) is 5.73 Å². The number of aryl methyl sites for hydroxylation is 2. The molecule has 0 aliphatic carbocycles. The highest BCUT2D eigenvalue weighted by molar-refractivity contribution is 5.93. The number of hydrogen-bond donors (Lipinski definition) is 2. The lowest BCUT2D eigenvalue weighted by atomic mass is 10.2. The number of nitrogen functional groups attached to an aromatic ring is 1. The van der Waals surface area contributed by atoms with Crippen molar-refractivity contribution in [3.05, 3.63) is 51.3 Å². The third kappa shape index (κ3) is 3.30. The Hall–Kier alpha value is -3.03. The van der Waals surface area contributed by atoms with Gasteiger partial charge >= 0.3 is 11.7 Å². The zero-order valence-corrected chi connectivity index (χ0v) is 11.5. The third-order valence-corrected chi connectivity index (χ3v) is 2.62. The average molecular weight is 287 g/mol. The molecule has 0 unspecified atom stereocenters. The number of nitro benzene ring substituents is 1. The Bertz CT molecular complexity index is 730. The SMILES string of the molecule is Cc1ccc([N+](=O)[O-])c(Oc2nc(C)cc(C(=N)N)n2)c1. The predicted octanol–water partition coefficient (Wildman–Crippen LogP) is 2.08. The fourth-order valence-electron chi connectivity index (χ4n) is 1.68. The molecule has 3 N–H and O–H groups in total. The summed E-state index contributed by atoms with van der Waals surface area (Å²) in [6.07, 6.45) is 0. The summed E-state index contributed by atoms with van der Waals surface area (Å²) in [5.41, 5.74) is 6.74. The minimum Gasteiger partial charge on any atom is -0.417 e. The van der Waals surface area contributed by atoms with Crippen molar-refractivity contribution >= 4 is 11.5 Å². The molecule has 8 heteroatoms. The maximum atomic E-state index is 11.0. The van der Waals surface area contributed by atoms with Gasteiger partial charge in [-0.05, 0) is 31.5 Å². The second kappa shape index (κ2) is 5.53. The summed E-state index contributed by atoms with van der Waals surface area (Å²) in [6.45, 7) is 3.47. The Morgan fingerprint density at radius 1 is 1.33 bits per heavy atom. The maximum Gasteiger partial charge on any atom is 0.323 e. The molecule has 1 aromatic carbocycles. The molecule has 21 heavy (non-hydrogen) atoms. The Morgan fingerprint density at radius 2 is 2.05 bits per heavy atom. The first kappa shape index (κ1) is 14.4. The van der Waals surface area contributed by atoms with E-state index < -0.39 is 4.92 Å². The van der Waals surface area contributed by atoms with Gasteiger partial charge in [-0.1, -0.05) is 6.07 Å². The lowest BCUT2D eigenvalue weighted by molar-refractivity contribution is -0.385. The first-order chi connectivity index (χ1) is 9.86. The van der Waals surface area contributed by atoms with Gasteiger partial charge in [0, 0.05) is 11.8 Å². The number of amidine groups is 1. The normalized spacial score (nSPS) is 10.2. The number of nitrogens with two attached hydrogens (primary N) is 1. The summed E-state index contributed by atoms with van der Waals surface area (Å²) in [7, 11) is 0. The van der Waals surface area contributed by atoms with E-state index in [1.807, 2.05) is 0 Å². The summed E-state index contributed by atoms with van der Waals surface area (Å²) < 4.78 is 5.41. The van der Waals surface area contributed by atoms with Gasteiger partial charge < -0.3 is 10.5 Å². The molecule has 0 bridgehead atoms. The van der Waals surface area contributed by atoms with Gasteiger partial charge in [-0.25, -0.2) is 4.98 Å². The number of rotatable bonds is 4. The van der Waals surface area contributed by atoms with Crippen LogP contribution in [-0.2, 0) is 0 Å². The van der Waals surface area contributed by atoms with Gasteiger partial charge in [-0.2, -0.15) is 4.98 Å². The van der Waals surface area contributed by atoms with Gasteiger partial charge in [0.05, 0.1) is 4.92 Å². The number of benzene rings is 1. The first-order valence-electron chi connectivity index (χ1n) is 6.00. The number of nitrogens with zero attached hydrogens (tertiary/aromatic N) is 3. The molecule has 0 radical (unpaired) electrons. The van der Waals surface area contributed by atoms with Crippen molar-refractivity contribution in [1.29, 1.82) is 5.41 Å². The van der Waals surface area contributed by atoms with Gasteiger partial charge in [0.15, 0.2) is 0 Å². The van der Waals surface area contributed by atoms with Crippen molar-refractivity contribution in [3.63, 3.8) is 0 Å². The zero-order valence-electron chi connectivity index (χ0n) is 11.5. The molecule has 8 nitrogen and oxygen atoms in total. The van der Waals surface area contributed by atoms with Gasteiger partial charge in [-0.3, -0.25) is 15.5 Å². The van der Waals surface area contributed by atoms with Gasteiger partial charge in [0.25, 0.3) is 0 Å². The maximum absolute atomic E-state index is 11.0. The molecule has 0 fully saturated rings. The Balaban J connectivity index is 2.45. The van der Waals surface area contributed by atoms with Crippen molar-refractivity contribution in [3.8, 4) is 11.8 Å². The van der Waals surface area contributed by atoms with Crippen molar-refractivity contribution in [1.82, 2.24) is 9.97 Å². The Kier molecular flexibility index (Phi) is 3.79. The quantitative estimate of drug-likeness (QED) is 0.383. The standard InChI is InChI=1S/C13H13N5O3/c1-7-3-4-10(18(19)20)11(5-7)21-13-16-8(2)6-9(17-13)12(14)15/h3-6H,1-2H3,(H3,14,15). The van der Waals surface area contributed by atoms with Gasteiger partial charge in [0.2, 0.25) is 5.75 Å².